The van der Waals surface area contributed by atoms with Crippen molar-refractivity contribution in [2.24, 2.45) is 0 Å². The SMILES string of the molecule is COc1cccc(CN(C)C(=O)N2CSCC2C(=O)O)c1. The van der Waals surface area contributed by atoms with Crippen LogP contribution in [0.25, 0.3) is 0 Å². The number of carbonyl (C=O) groups is 2. The molecule has 0 aliphatic carbocycles. The van der Waals surface area contributed by atoms with Crippen LogP contribution < -0.4 is 4.74 Å². The van der Waals surface area contributed by atoms with Crippen LogP contribution in [0.5, 0.6) is 5.75 Å². The van der Waals surface area contributed by atoms with Crippen molar-refractivity contribution in [1.29, 1.82) is 0 Å². The number of thioether (sulfide) groups is 1. The third kappa shape index (κ3) is 3.60. The van der Waals surface area contributed by atoms with Crippen LogP contribution in [0.3, 0.4) is 0 Å². The van der Waals surface area contributed by atoms with Crippen molar-refractivity contribution in [2.75, 3.05) is 25.8 Å². The molecule has 0 saturated carbocycles. The lowest BCUT2D eigenvalue weighted by molar-refractivity contribution is -0.140. The Balaban J connectivity index is 2.03. The molecular weight excluding hydrogens is 292 g/mol. The van der Waals surface area contributed by atoms with Crippen molar-refractivity contribution in [3.63, 3.8) is 0 Å². The minimum Gasteiger partial charge on any atom is -0.497 e. The van der Waals surface area contributed by atoms with E-state index in [0.717, 1.165) is 11.3 Å². The molecule has 0 radical (unpaired) electrons. The second-order valence-electron chi connectivity index (χ2n) is 4.81. The number of aliphatic carboxylic acids is 1. The maximum Gasteiger partial charge on any atom is 0.327 e. The third-order valence-electron chi connectivity index (χ3n) is 3.29. The smallest absolute Gasteiger partial charge is 0.327 e. The number of carbonyl (C=O) groups excluding carboxylic acids is 1. The lowest BCUT2D eigenvalue weighted by Crippen LogP contribution is -2.47. The molecule has 1 saturated heterocycles. The quantitative estimate of drug-likeness (QED) is 0.917. The normalized spacial score (nSPS) is 17.6. The Morgan fingerprint density at radius 2 is 2.29 bits per heavy atom. The molecule has 7 heteroatoms. The van der Waals surface area contributed by atoms with E-state index in [1.54, 1.807) is 14.2 Å². The molecule has 2 amide bonds. The summed E-state index contributed by atoms with van der Waals surface area (Å²) >= 11 is 1.45. The largest absolute Gasteiger partial charge is 0.497 e. The number of rotatable bonds is 4. The Hall–Kier alpha value is -1.89. The van der Waals surface area contributed by atoms with Gasteiger partial charge in [0.25, 0.3) is 0 Å². The molecule has 1 heterocycles. The molecule has 6 nitrogen and oxygen atoms in total. The highest BCUT2D eigenvalue weighted by Crippen LogP contribution is 2.23. The molecular formula is C14H18N2O4S. The summed E-state index contributed by atoms with van der Waals surface area (Å²) in [4.78, 5) is 26.4. The predicted octanol–water partition coefficient (Wildman–Crippen LogP) is 1.71. The number of urea groups is 1. The summed E-state index contributed by atoms with van der Waals surface area (Å²) in [5, 5.41) is 9.13. The average Bonchev–Trinajstić information content (AvgIpc) is 2.96. The molecule has 1 aromatic carbocycles. The van der Waals surface area contributed by atoms with Gasteiger partial charge in [0.05, 0.1) is 13.0 Å². The Morgan fingerprint density at radius 1 is 1.52 bits per heavy atom. The van der Waals surface area contributed by atoms with Crippen molar-refractivity contribution >= 4 is 23.8 Å². The van der Waals surface area contributed by atoms with Gasteiger partial charge in [-0.3, -0.25) is 0 Å². The van der Waals surface area contributed by atoms with Gasteiger partial charge in [0, 0.05) is 19.3 Å². The molecule has 1 unspecified atom stereocenters. The Kier molecular flexibility index (Phi) is 4.95. The van der Waals surface area contributed by atoms with Crippen molar-refractivity contribution in [3.8, 4) is 5.75 Å². The van der Waals surface area contributed by atoms with Crippen LogP contribution in [0.15, 0.2) is 24.3 Å². The molecule has 1 fully saturated rings. The van der Waals surface area contributed by atoms with E-state index >= 15 is 0 Å². The molecule has 21 heavy (non-hydrogen) atoms. The first-order valence-electron chi connectivity index (χ1n) is 6.48. The van der Waals surface area contributed by atoms with Crippen LogP contribution in [-0.4, -0.2) is 58.7 Å². The Morgan fingerprint density at radius 3 is 2.95 bits per heavy atom. The van der Waals surface area contributed by atoms with Gasteiger partial charge in [-0.25, -0.2) is 9.59 Å². The molecule has 1 aromatic rings. The van der Waals surface area contributed by atoms with Gasteiger partial charge in [0.2, 0.25) is 0 Å². The Labute approximate surface area is 127 Å². The zero-order chi connectivity index (χ0) is 15.4. The lowest BCUT2D eigenvalue weighted by Gasteiger charge is -2.27. The number of hydrogen-bond donors (Lipinski definition) is 1. The van der Waals surface area contributed by atoms with Crippen molar-refractivity contribution in [2.45, 2.75) is 12.6 Å². The van der Waals surface area contributed by atoms with E-state index in [0.29, 0.717) is 18.2 Å². The monoisotopic (exact) mass is 310 g/mol. The van der Waals surface area contributed by atoms with Gasteiger partial charge in [0.1, 0.15) is 11.8 Å². The number of methoxy groups -OCH3 is 1. The van der Waals surface area contributed by atoms with Gasteiger partial charge in [-0.15, -0.1) is 11.8 Å². The second-order valence-corrected chi connectivity index (χ2v) is 5.81. The van der Waals surface area contributed by atoms with Crippen molar-refractivity contribution < 1.29 is 19.4 Å². The fourth-order valence-corrected chi connectivity index (χ4v) is 3.31. The molecule has 0 aromatic heterocycles. The molecule has 114 valence electrons. The minimum atomic E-state index is -0.955. The highest BCUT2D eigenvalue weighted by atomic mass is 32.2. The van der Waals surface area contributed by atoms with Crippen LogP contribution in [0.1, 0.15) is 5.56 Å². The van der Waals surface area contributed by atoms with Crippen molar-refractivity contribution in [3.05, 3.63) is 29.8 Å². The first-order chi connectivity index (χ1) is 10.0. The zero-order valence-electron chi connectivity index (χ0n) is 12.0. The number of benzene rings is 1. The summed E-state index contributed by atoms with van der Waals surface area (Å²) in [6, 6.07) is 6.45. The molecule has 1 aliphatic heterocycles. The third-order valence-corrected chi connectivity index (χ3v) is 4.31. The maximum absolute atomic E-state index is 12.4. The van der Waals surface area contributed by atoms with Crippen LogP contribution in [0.4, 0.5) is 4.79 Å². The fourth-order valence-electron chi connectivity index (χ4n) is 2.17. The highest BCUT2D eigenvalue weighted by molar-refractivity contribution is 7.99. The van der Waals surface area contributed by atoms with Gasteiger partial charge < -0.3 is 19.6 Å². The molecule has 1 N–H and O–H groups in total. The molecule has 1 aliphatic rings. The minimum absolute atomic E-state index is 0.268. The highest BCUT2D eigenvalue weighted by Gasteiger charge is 2.35. The standard InChI is InChI=1S/C14H18N2O4S/c1-15(7-10-4-3-5-11(6-10)20-2)14(19)16-9-21-8-12(16)13(17)18/h3-6,12H,7-9H2,1-2H3,(H,17,18). The van der Waals surface area contributed by atoms with Gasteiger partial charge in [0.15, 0.2) is 0 Å². The van der Waals surface area contributed by atoms with Crippen LogP contribution in [0.2, 0.25) is 0 Å². The van der Waals surface area contributed by atoms with Gasteiger partial charge >= 0.3 is 12.0 Å². The lowest BCUT2D eigenvalue weighted by atomic mass is 10.2. The van der Waals surface area contributed by atoms with E-state index in [4.69, 9.17) is 9.84 Å². The van der Waals surface area contributed by atoms with Crippen LogP contribution in [-0.2, 0) is 11.3 Å². The molecule has 0 bridgehead atoms. The summed E-state index contributed by atoms with van der Waals surface area (Å²) in [6.45, 7) is 0.406. The number of carboxylic acids is 1. The molecule has 1 atom stereocenters. The number of amides is 2. The van der Waals surface area contributed by atoms with Gasteiger partial charge in [-0.1, -0.05) is 12.1 Å². The van der Waals surface area contributed by atoms with Crippen molar-refractivity contribution in [1.82, 2.24) is 9.80 Å². The zero-order valence-corrected chi connectivity index (χ0v) is 12.8. The van der Waals surface area contributed by atoms with Gasteiger partial charge in [-0.05, 0) is 17.7 Å². The maximum atomic E-state index is 12.4. The van der Waals surface area contributed by atoms with E-state index in [9.17, 15) is 9.59 Å². The van der Waals surface area contributed by atoms with Crippen LogP contribution >= 0.6 is 11.8 Å². The van der Waals surface area contributed by atoms with E-state index in [2.05, 4.69) is 0 Å². The summed E-state index contributed by atoms with van der Waals surface area (Å²) in [7, 11) is 3.26. The first-order valence-corrected chi connectivity index (χ1v) is 7.63. The number of ether oxygens (including phenoxy) is 1. The van der Waals surface area contributed by atoms with Gasteiger partial charge in [-0.2, -0.15) is 0 Å². The van der Waals surface area contributed by atoms with E-state index in [1.807, 2.05) is 24.3 Å². The first kappa shape index (κ1) is 15.5. The summed E-state index contributed by atoms with van der Waals surface area (Å²) in [5.74, 6) is 0.628. The van der Waals surface area contributed by atoms with E-state index in [-0.39, 0.29) is 6.03 Å². The van der Waals surface area contributed by atoms with E-state index in [1.165, 1.54) is 21.6 Å². The second kappa shape index (κ2) is 6.71. The average molecular weight is 310 g/mol. The summed E-state index contributed by atoms with van der Waals surface area (Å²) in [6.07, 6.45) is 0. The number of hydrogen-bond acceptors (Lipinski definition) is 4. The fraction of sp³-hybridized carbons (Fsp3) is 0.429. The molecule has 0 spiro atoms. The number of carboxylic acid groups (broad SMARTS) is 1. The Bertz CT molecular complexity index is 537. The molecule has 2 rings (SSSR count). The predicted molar refractivity (Wildman–Crippen MR) is 80.4 cm³/mol. The summed E-state index contributed by atoms with van der Waals surface area (Å²) in [5.41, 5.74) is 0.934. The van der Waals surface area contributed by atoms with Crippen LogP contribution in [0, 0.1) is 0 Å². The van der Waals surface area contributed by atoms with E-state index < -0.39 is 12.0 Å². The topological polar surface area (TPSA) is 70.1 Å². The number of nitrogens with zero attached hydrogens (tertiary/aromatic N) is 2. The summed E-state index contributed by atoms with van der Waals surface area (Å²) < 4.78 is 5.15.